The van der Waals surface area contributed by atoms with E-state index >= 15 is 0 Å². The molecular formula is C12H23N. The molecule has 0 bridgehead atoms. The van der Waals surface area contributed by atoms with Crippen LogP contribution < -0.4 is 5.73 Å². The van der Waals surface area contributed by atoms with E-state index < -0.39 is 0 Å². The zero-order chi connectivity index (χ0) is 9.31. The highest BCUT2D eigenvalue weighted by molar-refractivity contribution is 4.94. The summed E-state index contributed by atoms with van der Waals surface area (Å²) in [6.07, 6.45) is 10.1. The molecule has 0 aromatic heterocycles. The molecule has 2 saturated carbocycles. The monoisotopic (exact) mass is 181 g/mol. The van der Waals surface area contributed by atoms with E-state index in [-0.39, 0.29) is 0 Å². The lowest BCUT2D eigenvalue weighted by Crippen LogP contribution is -2.44. The smallest absolute Gasteiger partial charge is 0.00178 e. The Bertz CT molecular complexity index is 174. The van der Waals surface area contributed by atoms with Gasteiger partial charge in [0, 0.05) is 0 Å². The first-order valence-electron chi connectivity index (χ1n) is 5.97. The normalized spacial score (nSPS) is 41.5. The summed E-state index contributed by atoms with van der Waals surface area (Å²) in [4.78, 5) is 0. The van der Waals surface area contributed by atoms with Crippen molar-refractivity contribution >= 4 is 0 Å². The summed E-state index contributed by atoms with van der Waals surface area (Å²) in [5.41, 5.74) is 6.58. The molecule has 2 rings (SSSR count). The first-order chi connectivity index (χ1) is 6.27. The second-order valence-electron chi connectivity index (χ2n) is 5.40. The third kappa shape index (κ3) is 1.63. The zero-order valence-electron chi connectivity index (χ0n) is 8.89. The molecule has 0 radical (unpaired) electrons. The Labute approximate surface area is 82.1 Å². The molecule has 0 heterocycles. The van der Waals surface area contributed by atoms with Crippen molar-refractivity contribution in [1.82, 2.24) is 0 Å². The first kappa shape index (κ1) is 9.51. The predicted molar refractivity (Wildman–Crippen MR) is 56.5 cm³/mol. The van der Waals surface area contributed by atoms with Gasteiger partial charge in [-0.15, -0.1) is 0 Å². The van der Waals surface area contributed by atoms with Crippen molar-refractivity contribution in [3.05, 3.63) is 0 Å². The molecule has 0 spiro atoms. The summed E-state index contributed by atoms with van der Waals surface area (Å²) in [7, 11) is 0. The van der Waals surface area contributed by atoms with E-state index in [4.69, 9.17) is 5.73 Å². The molecule has 2 atom stereocenters. The molecule has 2 N–H and O–H groups in total. The molecule has 0 aromatic rings. The Balaban J connectivity index is 2.03. The van der Waals surface area contributed by atoms with Crippen LogP contribution in [0.4, 0.5) is 0 Å². The summed E-state index contributed by atoms with van der Waals surface area (Å²) < 4.78 is 0. The molecule has 2 aliphatic rings. The van der Waals surface area contributed by atoms with Gasteiger partial charge < -0.3 is 5.73 Å². The Morgan fingerprint density at radius 1 is 1.23 bits per heavy atom. The van der Waals surface area contributed by atoms with E-state index in [1.807, 2.05) is 0 Å². The van der Waals surface area contributed by atoms with Crippen LogP contribution in [0.3, 0.4) is 0 Å². The van der Waals surface area contributed by atoms with Gasteiger partial charge in [-0.25, -0.2) is 0 Å². The van der Waals surface area contributed by atoms with Gasteiger partial charge in [0.2, 0.25) is 0 Å². The maximum Gasteiger partial charge on any atom is -0.00178 e. The van der Waals surface area contributed by atoms with Crippen molar-refractivity contribution < 1.29 is 0 Å². The van der Waals surface area contributed by atoms with Gasteiger partial charge in [-0.05, 0) is 49.5 Å². The standard InChI is InChI=1S/C12H23N/c1-10-4-3-7-12(8-10,9-13)11-5-2-6-11/h10-11H,2-9,13H2,1H3. The fourth-order valence-corrected chi connectivity index (χ4v) is 3.44. The van der Waals surface area contributed by atoms with Crippen LogP contribution >= 0.6 is 0 Å². The minimum Gasteiger partial charge on any atom is -0.330 e. The minimum atomic E-state index is 0.565. The van der Waals surface area contributed by atoms with Crippen molar-refractivity contribution in [1.29, 1.82) is 0 Å². The third-order valence-electron chi connectivity index (χ3n) is 4.50. The SMILES string of the molecule is CC1CCCC(CN)(C2CCC2)C1. The van der Waals surface area contributed by atoms with Gasteiger partial charge in [0.15, 0.2) is 0 Å². The number of hydrogen-bond acceptors (Lipinski definition) is 1. The highest BCUT2D eigenvalue weighted by Gasteiger charge is 2.42. The second kappa shape index (κ2) is 3.61. The van der Waals surface area contributed by atoms with Crippen molar-refractivity contribution in [2.75, 3.05) is 6.54 Å². The van der Waals surface area contributed by atoms with Crippen molar-refractivity contribution in [3.8, 4) is 0 Å². The van der Waals surface area contributed by atoms with Crippen LogP contribution in [0.5, 0.6) is 0 Å². The quantitative estimate of drug-likeness (QED) is 0.696. The number of nitrogens with two attached hydrogens (primary N) is 1. The fraction of sp³-hybridized carbons (Fsp3) is 1.00. The number of hydrogen-bond donors (Lipinski definition) is 1. The zero-order valence-corrected chi connectivity index (χ0v) is 8.89. The molecule has 2 unspecified atom stereocenters. The predicted octanol–water partition coefficient (Wildman–Crippen LogP) is 2.94. The fourth-order valence-electron chi connectivity index (χ4n) is 3.44. The van der Waals surface area contributed by atoms with Crippen LogP contribution in [0.2, 0.25) is 0 Å². The van der Waals surface area contributed by atoms with E-state index in [0.717, 1.165) is 18.4 Å². The largest absolute Gasteiger partial charge is 0.330 e. The van der Waals surface area contributed by atoms with E-state index in [9.17, 15) is 0 Å². The average Bonchev–Trinajstić information content (AvgIpc) is 2.01. The topological polar surface area (TPSA) is 26.0 Å². The molecule has 13 heavy (non-hydrogen) atoms. The summed E-state index contributed by atoms with van der Waals surface area (Å²) in [6.45, 7) is 3.35. The lowest BCUT2D eigenvalue weighted by atomic mass is 9.57. The molecule has 1 heteroatoms. The van der Waals surface area contributed by atoms with Gasteiger partial charge in [0.05, 0.1) is 0 Å². The highest BCUT2D eigenvalue weighted by atomic mass is 14.6. The summed E-state index contributed by atoms with van der Waals surface area (Å²) >= 11 is 0. The van der Waals surface area contributed by atoms with Crippen LogP contribution in [-0.4, -0.2) is 6.54 Å². The van der Waals surface area contributed by atoms with Crippen LogP contribution in [0.15, 0.2) is 0 Å². The van der Waals surface area contributed by atoms with Gasteiger partial charge in [0.25, 0.3) is 0 Å². The Kier molecular flexibility index (Phi) is 2.64. The number of rotatable bonds is 2. The lowest BCUT2D eigenvalue weighted by Gasteiger charge is -2.49. The van der Waals surface area contributed by atoms with Crippen LogP contribution in [0.1, 0.15) is 51.9 Å². The summed E-state index contributed by atoms with van der Waals surface area (Å²) in [5, 5.41) is 0. The maximum absolute atomic E-state index is 6.01. The van der Waals surface area contributed by atoms with Gasteiger partial charge in [-0.3, -0.25) is 0 Å². The third-order valence-corrected chi connectivity index (χ3v) is 4.50. The van der Waals surface area contributed by atoms with E-state index in [2.05, 4.69) is 6.92 Å². The second-order valence-corrected chi connectivity index (χ2v) is 5.40. The van der Waals surface area contributed by atoms with Crippen molar-refractivity contribution in [2.24, 2.45) is 23.0 Å². The van der Waals surface area contributed by atoms with E-state index in [1.54, 1.807) is 0 Å². The van der Waals surface area contributed by atoms with Gasteiger partial charge >= 0.3 is 0 Å². The Morgan fingerprint density at radius 3 is 2.46 bits per heavy atom. The molecule has 76 valence electrons. The first-order valence-corrected chi connectivity index (χ1v) is 5.97. The molecule has 1 nitrogen and oxygen atoms in total. The van der Waals surface area contributed by atoms with Crippen molar-refractivity contribution in [3.63, 3.8) is 0 Å². The molecule has 2 fully saturated rings. The Morgan fingerprint density at radius 2 is 2.00 bits per heavy atom. The van der Waals surface area contributed by atoms with Gasteiger partial charge in [0.1, 0.15) is 0 Å². The molecule has 0 saturated heterocycles. The van der Waals surface area contributed by atoms with Crippen molar-refractivity contribution in [2.45, 2.75) is 51.9 Å². The maximum atomic E-state index is 6.01. The van der Waals surface area contributed by atoms with E-state index in [1.165, 1.54) is 44.9 Å². The van der Waals surface area contributed by atoms with E-state index in [0.29, 0.717) is 5.41 Å². The summed E-state index contributed by atoms with van der Waals surface area (Å²) in [6, 6.07) is 0. The molecular weight excluding hydrogens is 158 g/mol. The van der Waals surface area contributed by atoms with Gasteiger partial charge in [-0.1, -0.05) is 26.2 Å². The highest BCUT2D eigenvalue weighted by Crippen LogP contribution is 2.51. The molecule has 0 aromatic carbocycles. The lowest BCUT2D eigenvalue weighted by molar-refractivity contribution is 0.0295. The minimum absolute atomic E-state index is 0.565. The van der Waals surface area contributed by atoms with Crippen LogP contribution in [0, 0.1) is 17.3 Å². The van der Waals surface area contributed by atoms with Crippen LogP contribution in [-0.2, 0) is 0 Å². The van der Waals surface area contributed by atoms with Crippen LogP contribution in [0.25, 0.3) is 0 Å². The average molecular weight is 181 g/mol. The van der Waals surface area contributed by atoms with Gasteiger partial charge in [-0.2, -0.15) is 0 Å². The molecule has 0 amide bonds. The molecule has 2 aliphatic carbocycles. The Hall–Kier alpha value is -0.0400. The summed E-state index contributed by atoms with van der Waals surface area (Å²) in [5.74, 6) is 1.91. The molecule has 0 aliphatic heterocycles.